The first-order valence-electron chi connectivity index (χ1n) is 4.01. The van der Waals surface area contributed by atoms with Crippen molar-refractivity contribution in [1.82, 2.24) is 0 Å². The summed E-state index contributed by atoms with van der Waals surface area (Å²) in [5.41, 5.74) is 0.545. The Balaban J connectivity index is 2.84. The normalized spacial score (nSPS) is 37.5. The monoisotopic (exact) mass is 183 g/mol. The molecular weight excluding hydrogens is 170 g/mol. The lowest BCUT2D eigenvalue weighted by Crippen LogP contribution is -2.39. The molecule has 4 nitrogen and oxygen atoms in total. The number of nitrogens with zero attached hydrogens (tertiary/aromatic N) is 1. The van der Waals surface area contributed by atoms with E-state index in [4.69, 9.17) is 5.11 Å². The Bertz CT molecular complexity index is 258. The van der Waals surface area contributed by atoms with E-state index < -0.39 is 18.3 Å². The molecule has 1 rings (SSSR count). The average molecular weight is 183 g/mol. The zero-order valence-corrected chi connectivity index (χ0v) is 7.33. The van der Waals surface area contributed by atoms with Crippen LogP contribution in [0.4, 0.5) is 0 Å². The van der Waals surface area contributed by atoms with Crippen molar-refractivity contribution >= 4 is 6.21 Å². The second kappa shape index (κ2) is 4.32. The van der Waals surface area contributed by atoms with E-state index in [2.05, 4.69) is 4.99 Å². The highest BCUT2D eigenvalue weighted by Crippen LogP contribution is 2.17. The fourth-order valence-corrected chi connectivity index (χ4v) is 1.12. The van der Waals surface area contributed by atoms with Crippen molar-refractivity contribution in [3.8, 4) is 0 Å². The van der Waals surface area contributed by atoms with Crippen LogP contribution in [-0.2, 0) is 0 Å². The Morgan fingerprint density at radius 1 is 1.38 bits per heavy atom. The standard InChI is InChI=1S/C9H13NO3/c1-10-5-4-6-2-3-7(11)9(13)8(6)12/h2-5,7-9,11-13H,1H3/b6-4+,10-5?/t7-,8+,9+/m1/s1. The molecule has 0 aliphatic heterocycles. The molecule has 0 unspecified atom stereocenters. The van der Waals surface area contributed by atoms with Crippen LogP contribution >= 0.6 is 0 Å². The summed E-state index contributed by atoms with van der Waals surface area (Å²) in [6.07, 6.45) is 2.94. The van der Waals surface area contributed by atoms with Crippen LogP contribution in [0, 0.1) is 0 Å². The number of hydrogen-bond donors (Lipinski definition) is 3. The SMILES string of the molecule is CN=C/C=C1\C=C[C@@H](O)[C@H](O)[C@H]1O. The molecule has 4 heteroatoms. The van der Waals surface area contributed by atoms with Gasteiger partial charge in [0.1, 0.15) is 18.3 Å². The number of hydrogen-bond acceptors (Lipinski definition) is 4. The highest BCUT2D eigenvalue weighted by molar-refractivity contribution is 5.73. The molecular formula is C9H13NO3. The number of rotatable bonds is 1. The Morgan fingerprint density at radius 2 is 2.08 bits per heavy atom. The van der Waals surface area contributed by atoms with Gasteiger partial charge in [-0.15, -0.1) is 0 Å². The molecule has 1 aliphatic rings. The zero-order valence-electron chi connectivity index (χ0n) is 7.33. The van der Waals surface area contributed by atoms with E-state index in [0.717, 1.165) is 0 Å². The third-order valence-electron chi connectivity index (χ3n) is 1.92. The molecule has 0 bridgehead atoms. The minimum absolute atomic E-state index is 0.545. The summed E-state index contributed by atoms with van der Waals surface area (Å²) < 4.78 is 0. The molecule has 0 heterocycles. The third-order valence-corrected chi connectivity index (χ3v) is 1.92. The molecule has 0 aromatic rings. The quantitative estimate of drug-likeness (QED) is 0.469. The molecule has 3 N–H and O–H groups in total. The number of allylic oxidation sites excluding steroid dienone is 1. The van der Waals surface area contributed by atoms with Crippen LogP contribution in [-0.4, -0.2) is 46.9 Å². The van der Waals surface area contributed by atoms with E-state index in [1.165, 1.54) is 12.3 Å². The molecule has 0 radical (unpaired) electrons. The van der Waals surface area contributed by atoms with Crippen molar-refractivity contribution in [1.29, 1.82) is 0 Å². The maximum Gasteiger partial charge on any atom is 0.113 e. The average Bonchev–Trinajstić information content (AvgIpc) is 2.13. The lowest BCUT2D eigenvalue weighted by atomic mass is 9.94. The molecule has 1 aliphatic carbocycles. The molecule has 0 saturated heterocycles. The van der Waals surface area contributed by atoms with Gasteiger partial charge in [0.05, 0.1) is 0 Å². The van der Waals surface area contributed by atoms with Crippen molar-refractivity contribution in [2.75, 3.05) is 7.05 Å². The lowest BCUT2D eigenvalue weighted by molar-refractivity contribution is -0.0284. The van der Waals surface area contributed by atoms with Crippen molar-refractivity contribution < 1.29 is 15.3 Å². The van der Waals surface area contributed by atoms with E-state index in [1.54, 1.807) is 19.2 Å². The predicted molar refractivity (Wildman–Crippen MR) is 49.7 cm³/mol. The largest absolute Gasteiger partial charge is 0.387 e. The van der Waals surface area contributed by atoms with Crippen LogP contribution in [0.5, 0.6) is 0 Å². The molecule has 0 aromatic heterocycles. The molecule has 13 heavy (non-hydrogen) atoms. The van der Waals surface area contributed by atoms with Crippen molar-refractivity contribution in [2.45, 2.75) is 18.3 Å². The van der Waals surface area contributed by atoms with Gasteiger partial charge in [0, 0.05) is 13.3 Å². The maximum atomic E-state index is 9.44. The first-order chi connectivity index (χ1) is 6.16. The number of aliphatic hydroxyl groups excluding tert-OH is 3. The van der Waals surface area contributed by atoms with Crippen LogP contribution in [0.3, 0.4) is 0 Å². The summed E-state index contributed by atoms with van der Waals surface area (Å²) in [6.45, 7) is 0. The van der Waals surface area contributed by atoms with Gasteiger partial charge in [-0.05, 0) is 11.6 Å². The molecule has 0 aromatic carbocycles. The summed E-state index contributed by atoms with van der Waals surface area (Å²) in [6, 6.07) is 0. The van der Waals surface area contributed by atoms with Gasteiger partial charge in [0.15, 0.2) is 0 Å². The number of aliphatic imine (C=N–C) groups is 1. The van der Waals surface area contributed by atoms with Gasteiger partial charge in [0.2, 0.25) is 0 Å². The van der Waals surface area contributed by atoms with Gasteiger partial charge in [-0.25, -0.2) is 0 Å². The molecule has 0 fully saturated rings. The van der Waals surface area contributed by atoms with E-state index in [9.17, 15) is 10.2 Å². The smallest absolute Gasteiger partial charge is 0.113 e. The maximum absolute atomic E-state index is 9.44. The zero-order chi connectivity index (χ0) is 9.84. The highest BCUT2D eigenvalue weighted by atomic mass is 16.4. The van der Waals surface area contributed by atoms with Crippen LogP contribution in [0.2, 0.25) is 0 Å². The first-order valence-corrected chi connectivity index (χ1v) is 4.01. The van der Waals surface area contributed by atoms with Gasteiger partial charge in [-0.1, -0.05) is 12.2 Å². The topological polar surface area (TPSA) is 73.1 Å². The van der Waals surface area contributed by atoms with Crippen LogP contribution in [0.15, 0.2) is 28.8 Å². The van der Waals surface area contributed by atoms with Crippen LogP contribution in [0.25, 0.3) is 0 Å². The minimum Gasteiger partial charge on any atom is -0.387 e. The Labute approximate surface area is 76.6 Å². The third kappa shape index (κ3) is 2.24. The minimum atomic E-state index is -1.15. The van der Waals surface area contributed by atoms with Crippen molar-refractivity contribution in [2.24, 2.45) is 4.99 Å². The van der Waals surface area contributed by atoms with E-state index >= 15 is 0 Å². The molecule has 72 valence electrons. The summed E-state index contributed by atoms with van der Waals surface area (Å²) >= 11 is 0. The van der Waals surface area contributed by atoms with E-state index in [1.807, 2.05) is 0 Å². The van der Waals surface area contributed by atoms with Crippen molar-refractivity contribution in [3.05, 3.63) is 23.8 Å². The fourth-order valence-electron chi connectivity index (χ4n) is 1.12. The summed E-state index contributed by atoms with van der Waals surface area (Å²) in [4.78, 5) is 3.72. The predicted octanol–water partition coefficient (Wildman–Crippen LogP) is -0.734. The lowest BCUT2D eigenvalue weighted by Gasteiger charge is -2.25. The van der Waals surface area contributed by atoms with Crippen LogP contribution in [0.1, 0.15) is 0 Å². The van der Waals surface area contributed by atoms with Gasteiger partial charge >= 0.3 is 0 Å². The second-order valence-electron chi connectivity index (χ2n) is 2.86. The molecule has 0 amide bonds. The Morgan fingerprint density at radius 3 is 2.69 bits per heavy atom. The summed E-state index contributed by atoms with van der Waals surface area (Å²) in [5.74, 6) is 0. The summed E-state index contributed by atoms with van der Waals surface area (Å²) in [7, 11) is 1.61. The van der Waals surface area contributed by atoms with Gasteiger partial charge < -0.3 is 15.3 Å². The summed E-state index contributed by atoms with van der Waals surface area (Å²) in [5, 5.41) is 27.9. The van der Waals surface area contributed by atoms with Gasteiger partial charge in [-0.2, -0.15) is 0 Å². The second-order valence-corrected chi connectivity index (χ2v) is 2.86. The Kier molecular flexibility index (Phi) is 3.36. The van der Waals surface area contributed by atoms with Gasteiger partial charge in [0.25, 0.3) is 0 Å². The first kappa shape index (κ1) is 10.1. The van der Waals surface area contributed by atoms with Crippen LogP contribution < -0.4 is 0 Å². The van der Waals surface area contributed by atoms with E-state index in [0.29, 0.717) is 5.57 Å². The van der Waals surface area contributed by atoms with Crippen molar-refractivity contribution in [3.63, 3.8) is 0 Å². The van der Waals surface area contributed by atoms with Gasteiger partial charge in [-0.3, -0.25) is 4.99 Å². The fraction of sp³-hybridized carbons (Fsp3) is 0.444. The molecule has 3 atom stereocenters. The highest BCUT2D eigenvalue weighted by Gasteiger charge is 2.28. The Hall–Kier alpha value is -0.970. The molecule has 0 spiro atoms. The molecule has 0 saturated carbocycles. The van der Waals surface area contributed by atoms with E-state index in [-0.39, 0.29) is 0 Å². The number of aliphatic hydroxyl groups is 3.